The summed E-state index contributed by atoms with van der Waals surface area (Å²) in [4.78, 5) is 285. The molecule has 1 aromatic heterocycles. The third-order valence-corrected chi connectivity index (χ3v) is 24.3. The molecule has 1 aliphatic rings. The number of benzene rings is 3. The number of hydrogen-bond acceptors (Lipinski definition) is 25. The number of primary amides is 1. The van der Waals surface area contributed by atoms with Crippen molar-refractivity contribution in [3.8, 4) is 5.75 Å². The van der Waals surface area contributed by atoms with Gasteiger partial charge < -0.3 is 95.2 Å². The van der Waals surface area contributed by atoms with Gasteiger partial charge in [-0.15, -0.1) is 0 Å². The lowest BCUT2D eigenvalue weighted by Gasteiger charge is -2.34. The molecular formula is C99H145N17O23. The first-order chi connectivity index (χ1) is 65.1. The Morgan fingerprint density at radius 3 is 1.77 bits per heavy atom. The van der Waals surface area contributed by atoms with E-state index in [1.54, 1.807) is 95.4 Å². The zero-order valence-corrected chi connectivity index (χ0v) is 82.8. The number of carboxylic acid groups (broad SMARTS) is 1. The van der Waals surface area contributed by atoms with Crippen molar-refractivity contribution >= 4 is 128 Å². The smallest absolute Gasteiger partial charge is 0.303 e. The number of aromatic nitrogens is 1. The largest absolute Gasteiger partial charge is 0.508 e. The third-order valence-electron chi connectivity index (χ3n) is 24.3. The van der Waals surface area contributed by atoms with Crippen molar-refractivity contribution in [1.29, 1.82) is 0 Å². The number of hydrazine groups is 1. The maximum Gasteiger partial charge on any atom is 0.303 e. The van der Waals surface area contributed by atoms with Crippen LogP contribution in [0.15, 0.2) is 97.2 Å². The summed E-state index contributed by atoms with van der Waals surface area (Å²) in [5, 5.41) is 66.9. The first kappa shape index (κ1) is 117. The number of fused-ring (bicyclic) bond motifs is 1. The van der Waals surface area contributed by atoms with Gasteiger partial charge in [-0.3, -0.25) is 95.9 Å². The second kappa shape index (κ2) is 55.7. The van der Waals surface area contributed by atoms with Crippen LogP contribution in [0.4, 0.5) is 0 Å². The summed E-state index contributed by atoms with van der Waals surface area (Å²) in [6, 6.07) is 2.42. The van der Waals surface area contributed by atoms with E-state index < -0.39 is 245 Å². The number of aromatic hydroxyl groups is 1. The Balaban J connectivity index is 1.59. The van der Waals surface area contributed by atoms with Crippen molar-refractivity contribution in [3.05, 3.63) is 114 Å². The monoisotopic (exact) mass is 1940 g/mol. The summed E-state index contributed by atoms with van der Waals surface area (Å²) in [6.45, 7) is 24.3. The van der Waals surface area contributed by atoms with Gasteiger partial charge in [0.25, 0.3) is 0 Å². The first-order valence-electron chi connectivity index (χ1n) is 47.5. The van der Waals surface area contributed by atoms with Gasteiger partial charge in [-0.05, 0) is 187 Å². The molecule has 0 bridgehead atoms. The van der Waals surface area contributed by atoms with Crippen LogP contribution in [0.25, 0.3) is 10.9 Å². The molecule has 40 heteroatoms. The van der Waals surface area contributed by atoms with Crippen LogP contribution in [0.1, 0.15) is 237 Å². The van der Waals surface area contributed by atoms with Crippen LogP contribution >= 0.6 is 0 Å². The number of aliphatic carboxylic acids is 1. The second-order valence-corrected chi connectivity index (χ2v) is 38.2. The SMILES string of the molecule is CC(=O)N[C@@H](CC(C)C)C(=O)N[C@H](C(=O)N[C@@H](Cc1ccccc1)C(=O)N[C@]1(C)CCCCCC/C=C/CCC[C@@](C)(C(=O)NC(C)C(=O)N[C@@H](C)C(=O)C(=O)[C@H](C)NNC(C)(C)C(=O)NC(C)C(=O)C[C@H](C)C(C)=O)NC(=O)[C@H](CC(C)C)CN[C@@H](CCC(N)=O)C(=O)C(=O)C(C)NC(=O)[C@H](Cc2c[nH]c3ccccc23)NC(=O)C(Cc2ccc(O)cc2)NC(=O)[C@H](CCC(=O)O)NC1=O)[C@@H](C)O. The summed E-state index contributed by atoms with van der Waals surface area (Å²) >= 11 is 0. The van der Waals surface area contributed by atoms with Crippen molar-refractivity contribution in [2.75, 3.05) is 6.54 Å². The van der Waals surface area contributed by atoms with E-state index in [0.29, 0.717) is 59.7 Å². The number of hydrogen-bond donors (Lipinski definition) is 20. The lowest BCUT2D eigenvalue weighted by Crippen LogP contribution is -2.65. The first-order valence-corrected chi connectivity index (χ1v) is 47.5. The highest BCUT2D eigenvalue weighted by Crippen LogP contribution is 2.26. The van der Waals surface area contributed by atoms with Crippen LogP contribution in [0.2, 0.25) is 0 Å². The predicted octanol–water partition coefficient (Wildman–Crippen LogP) is 2.58. The molecule has 0 saturated heterocycles. The van der Waals surface area contributed by atoms with Gasteiger partial charge in [-0.1, -0.05) is 127 Å². The Morgan fingerprint density at radius 2 is 1.16 bits per heavy atom. The molecule has 0 spiro atoms. The highest BCUT2D eigenvalue weighted by atomic mass is 16.4. The fraction of sp³-hybridized carbons (Fsp3) is 0.576. The molecule has 764 valence electrons. The number of carbonyl (C=O) groups excluding carboxylic acids is 19. The number of aliphatic hydroxyl groups excluding tert-OH is 1. The fourth-order valence-corrected chi connectivity index (χ4v) is 15.5. The molecule has 4 unspecified atom stereocenters. The molecule has 17 atom stereocenters. The van der Waals surface area contributed by atoms with E-state index in [-0.39, 0.29) is 93.5 Å². The van der Waals surface area contributed by atoms with E-state index in [1.807, 2.05) is 12.2 Å². The molecule has 5 rings (SSSR count). The van der Waals surface area contributed by atoms with Crippen LogP contribution in [0.3, 0.4) is 0 Å². The normalized spacial score (nSPS) is 21.9. The quantitative estimate of drug-likeness (QED) is 0.0173. The third kappa shape index (κ3) is 38.5. The number of H-pyrrole nitrogens is 1. The summed E-state index contributed by atoms with van der Waals surface area (Å²) in [5.74, 6) is -20.7. The molecular weight excluding hydrogens is 1800 g/mol. The summed E-state index contributed by atoms with van der Waals surface area (Å²) in [6.07, 6.45) is 2.77. The number of allylic oxidation sites excluding steroid dienone is 2. The highest BCUT2D eigenvalue weighted by Gasteiger charge is 2.44. The van der Waals surface area contributed by atoms with Crippen LogP contribution in [0.5, 0.6) is 5.75 Å². The van der Waals surface area contributed by atoms with Gasteiger partial charge >= 0.3 is 5.97 Å². The minimum atomic E-state index is -2.08. The van der Waals surface area contributed by atoms with E-state index >= 15 is 28.8 Å². The Labute approximate surface area is 811 Å². The lowest BCUT2D eigenvalue weighted by molar-refractivity contribution is -0.141. The number of nitrogens with one attached hydrogen (secondary N) is 16. The number of Topliss-reactive ketones (excluding diaryl/α,β-unsaturated/α-hetero) is 6. The number of amides is 13. The van der Waals surface area contributed by atoms with Gasteiger partial charge in [-0.25, -0.2) is 10.9 Å². The van der Waals surface area contributed by atoms with E-state index in [2.05, 4.69) is 85.0 Å². The van der Waals surface area contributed by atoms with E-state index in [4.69, 9.17) is 5.73 Å². The molecule has 139 heavy (non-hydrogen) atoms. The van der Waals surface area contributed by atoms with Crippen molar-refractivity contribution < 1.29 is 111 Å². The molecule has 1 aliphatic heterocycles. The number of carbonyl (C=O) groups is 20. The van der Waals surface area contributed by atoms with E-state index in [0.717, 1.165) is 0 Å². The van der Waals surface area contributed by atoms with Gasteiger partial charge in [0.2, 0.25) is 99.9 Å². The summed E-state index contributed by atoms with van der Waals surface area (Å²) in [7, 11) is 0. The Kier molecular flexibility index (Phi) is 46.7. The zero-order valence-electron chi connectivity index (χ0n) is 82.8. The molecule has 3 aromatic carbocycles. The number of phenols is 1. The Bertz CT molecular complexity index is 5020. The minimum absolute atomic E-state index is 0.0819. The van der Waals surface area contributed by atoms with Gasteiger partial charge in [-0.2, -0.15) is 0 Å². The fourth-order valence-electron chi connectivity index (χ4n) is 15.5. The summed E-state index contributed by atoms with van der Waals surface area (Å²) in [5.41, 5.74) is 7.39. The number of rotatable bonds is 40. The van der Waals surface area contributed by atoms with Gasteiger partial charge in [0.05, 0.1) is 42.2 Å². The van der Waals surface area contributed by atoms with Gasteiger partial charge in [0, 0.05) is 75.0 Å². The molecule has 0 saturated carbocycles. The predicted molar refractivity (Wildman–Crippen MR) is 516 cm³/mol. The average Bonchev–Trinajstić information content (AvgIpc) is 1.72. The zero-order chi connectivity index (χ0) is 104. The Hall–Kier alpha value is -12.8. The molecule has 2 heterocycles. The number of aliphatic hydroxyl groups is 1. The summed E-state index contributed by atoms with van der Waals surface area (Å²) < 4.78 is 0. The highest BCUT2D eigenvalue weighted by molar-refractivity contribution is 6.41. The van der Waals surface area contributed by atoms with Crippen LogP contribution in [0, 0.1) is 23.7 Å². The number of nitrogens with two attached hydrogens (primary N) is 1. The second-order valence-electron chi connectivity index (χ2n) is 38.2. The molecule has 13 amide bonds. The topological polar surface area (TPSA) is 624 Å². The number of aromatic amines is 1. The molecule has 4 aromatic rings. The molecule has 0 fully saturated rings. The minimum Gasteiger partial charge on any atom is -0.508 e. The van der Waals surface area contributed by atoms with Crippen molar-refractivity contribution in [2.45, 2.75) is 335 Å². The molecule has 0 aliphatic carbocycles. The maximum absolute atomic E-state index is 15.6. The average molecular weight is 1940 g/mol. The van der Waals surface area contributed by atoms with Crippen molar-refractivity contribution in [2.24, 2.45) is 29.4 Å². The number of carboxylic acids is 1. The van der Waals surface area contributed by atoms with Crippen molar-refractivity contribution in [3.63, 3.8) is 0 Å². The van der Waals surface area contributed by atoms with Gasteiger partial charge in [0.1, 0.15) is 70.4 Å². The lowest BCUT2D eigenvalue weighted by atomic mass is 9.89. The van der Waals surface area contributed by atoms with Crippen LogP contribution in [-0.4, -0.2) is 240 Å². The van der Waals surface area contributed by atoms with Crippen LogP contribution < -0.4 is 85.7 Å². The molecule has 0 radical (unpaired) electrons. The molecule has 40 nitrogen and oxygen atoms in total. The van der Waals surface area contributed by atoms with E-state index in [1.165, 1.54) is 107 Å². The van der Waals surface area contributed by atoms with Crippen molar-refractivity contribution in [1.82, 2.24) is 85.0 Å². The number of phenolic OH excluding ortho intramolecular Hbond substituents is 1. The molecule has 21 N–H and O–H groups in total. The van der Waals surface area contributed by atoms with E-state index in [9.17, 15) is 82.4 Å². The van der Waals surface area contributed by atoms with Crippen LogP contribution in [-0.2, 0) is 115 Å². The standard InChI is InChI=1S/C99H145N17O23/c1-54(2)46-68-53-102-72(40-42-79(100)122)85(128)83(126)59(8)104-89(132)77(51-67-52-101-71-35-29-28-34-70(67)71)109-90(133)75(50-66-36-38-69(120)39-37-66)108-88(131)73(41-43-80(123)124)111-96(139)99(17,114-92(135)76(49-65-32-26-25-27-33-65)110-93(136)81(63(12)118)112-91(134)74(47-55(3)4)107-64(13)119)45-31-24-22-20-18-19-21-23-30-44-98(16,113-87(68)130)95(138)106-61(10)86(129)103-58(7)82(125)84(127)60(9)115-116-97(14,15)94(137)105-57(6)78(121)48-56(5)62(11)117/h19,21,25-29,32-39,52,54-61,63,68,72-77,81,101-102,115-116,118,120H,18,20,22-24,30-31,40-51,53H2,1-17H3,(H2,100,122)(H,103,129)(H,104,132)(H,105,137)(H,106,138)(H,107,119)(H,108,131)(H,109,133)(H,110,136)(H,111,139)(H,112,134)(H,113,130)(H,114,135)(H,123,124)/b21-19+/t56-,57?,58-,59?,60-,61?,63+,68+,72-,73-,74-,75?,76-,77-,81-,98-,99+/m0/s1. The maximum atomic E-state index is 15.6. The number of para-hydroxylation sites is 1. The van der Waals surface area contributed by atoms with Gasteiger partial charge in [0.15, 0.2) is 5.78 Å². The Morgan fingerprint density at radius 1 is 0.561 bits per heavy atom. The number of ketones is 6.